The van der Waals surface area contributed by atoms with Gasteiger partial charge in [-0.2, -0.15) is 4.98 Å². The predicted molar refractivity (Wildman–Crippen MR) is 72.6 cm³/mol. The van der Waals surface area contributed by atoms with Gasteiger partial charge in [0, 0.05) is 5.02 Å². The highest BCUT2D eigenvalue weighted by Gasteiger charge is 2.06. The van der Waals surface area contributed by atoms with Gasteiger partial charge in [0.05, 0.1) is 6.61 Å². The Balaban J connectivity index is 2.02. The van der Waals surface area contributed by atoms with E-state index in [0.29, 0.717) is 23.3 Å². The van der Waals surface area contributed by atoms with Crippen LogP contribution >= 0.6 is 34.2 Å². The summed E-state index contributed by atoms with van der Waals surface area (Å²) in [6, 6.07) is 5.33. The zero-order valence-electron chi connectivity index (χ0n) is 8.58. The van der Waals surface area contributed by atoms with Gasteiger partial charge < -0.3 is 9.15 Å². The third-order valence-electron chi connectivity index (χ3n) is 2.08. The second-order valence-electron chi connectivity index (χ2n) is 3.34. The third kappa shape index (κ3) is 3.01. The normalized spacial score (nSPS) is 10.9. The van der Waals surface area contributed by atoms with Gasteiger partial charge in [-0.25, -0.2) is 0 Å². The maximum absolute atomic E-state index is 5.85. The molecule has 5 heteroatoms. The molecule has 16 heavy (non-hydrogen) atoms. The van der Waals surface area contributed by atoms with Crippen molar-refractivity contribution >= 4 is 45.3 Å². The summed E-state index contributed by atoms with van der Waals surface area (Å²) in [5.74, 6) is 0. The van der Waals surface area contributed by atoms with Crippen LogP contribution in [0.25, 0.3) is 11.1 Å². The number of fused-ring (bicyclic) bond motifs is 1. The monoisotopic (exact) mass is 351 g/mol. The fourth-order valence-electron chi connectivity index (χ4n) is 1.30. The molecular formula is C11H11ClINO2. The molecule has 0 atom stereocenters. The minimum absolute atomic E-state index is 0.325. The number of aromatic nitrogens is 1. The van der Waals surface area contributed by atoms with Crippen LogP contribution in [0.15, 0.2) is 22.6 Å². The molecule has 2 rings (SSSR count). The Labute approximate surface area is 112 Å². The number of ether oxygens (including phenoxy) is 1. The molecular weight excluding hydrogens is 340 g/mol. The third-order valence-corrected chi connectivity index (χ3v) is 3.08. The lowest BCUT2D eigenvalue weighted by molar-refractivity contribution is 0.233. The minimum atomic E-state index is 0.325. The molecule has 86 valence electrons. The molecule has 3 nitrogen and oxygen atoms in total. The Morgan fingerprint density at radius 1 is 1.38 bits per heavy atom. The summed E-state index contributed by atoms with van der Waals surface area (Å²) in [5, 5.41) is 0.650. The summed E-state index contributed by atoms with van der Waals surface area (Å²) in [6.07, 6.45) is 2.49. The van der Waals surface area contributed by atoms with Crippen LogP contribution in [-0.4, -0.2) is 16.0 Å². The van der Waals surface area contributed by atoms with Gasteiger partial charge >= 0.3 is 6.08 Å². The van der Waals surface area contributed by atoms with Crippen LogP contribution < -0.4 is 4.74 Å². The van der Waals surface area contributed by atoms with Crippen LogP contribution in [0.1, 0.15) is 12.8 Å². The summed E-state index contributed by atoms with van der Waals surface area (Å²) in [5.41, 5.74) is 1.43. The van der Waals surface area contributed by atoms with E-state index >= 15 is 0 Å². The Hall–Kier alpha value is -0.490. The molecule has 0 saturated heterocycles. The molecule has 1 aromatic heterocycles. The van der Waals surface area contributed by atoms with E-state index in [9.17, 15) is 0 Å². The molecule has 0 aliphatic rings. The SMILES string of the molecule is Clc1ccc2oc(OCCCCI)nc2c1. The number of benzene rings is 1. The Kier molecular flexibility index (Phi) is 4.29. The Morgan fingerprint density at radius 2 is 2.25 bits per heavy atom. The van der Waals surface area contributed by atoms with Crippen molar-refractivity contribution in [2.45, 2.75) is 12.8 Å². The Bertz CT molecular complexity index is 472. The topological polar surface area (TPSA) is 35.3 Å². The number of hydrogen-bond acceptors (Lipinski definition) is 3. The molecule has 0 fully saturated rings. The highest BCUT2D eigenvalue weighted by atomic mass is 127. The maximum atomic E-state index is 5.85. The van der Waals surface area contributed by atoms with E-state index in [0.717, 1.165) is 22.8 Å². The fourth-order valence-corrected chi connectivity index (χ4v) is 2.00. The minimum Gasteiger partial charge on any atom is -0.450 e. The largest absolute Gasteiger partial charge is 0.450 e. The molecule has 0 aliphatic carbocycles. The molecule has 0 N–H and O–H groups in total. The van der Waals surface area contributed by atoms with Gasteiger partial charge in [-0.1, -0.05) is 34.2 Å². The molecule has 0 amide bonds. The van der Waals surface area contributed by atoms with E-state index in [1.807, 2.05) is 0 Å². The number of oxazole rings is 1. The Morgan fingerprint density at radius 3 is 3.06 bits per heavy atom. The number of hydrogen-bond donors (Lipinski definition) is 0. The lowest BCUT2D eigenvalue weighted by Crippen LogP contribution is -1.97. The molecule has 0 bridgehead atoms. The van der Waals surface area contributed by atoms with Crippen molar-refractivity contribution in [1.29, 1.82) is 0 Å². The zero-order valence-corrected chi connectivity index (χ0v) is 11.5. The van der Waals surface area contributed by atoms with Crippen molar-refractivity contribution in [2.75, 3.05) is 11.0 Å². The molecule has 0 aliphatic heterocycles. The van der Waals surface area contributed by atoms with E-state index in [1.54, 1.807) is 18.2 Å². The van der Waals surface area contributed by atoms with Gasteiger partial charge in [0.15, 0.2) is 5.58 Å². The van der Waals surface area contributed by atoms with Crippen molar-refractivity contribution in [2.24, 2.45) is 0 Å². The summed E-state index contributed by atoms with van der Waals surface area (Å²) < 4.78 is 12.0. The van der Waals surface area contributed by atoms with E-state index in [1.165, 1.54) is 0 Å². The second kappa shape index (κ2) is 5.72. The maximum Gasteiger partial charge on any atom is 0.394 e. The molecule has 0 radical (unpaired) electrons. The lowest BCUT2D eigenvalue weighted by Gasteiger charge is -1.98. The van der Waals surface area contributed by atoms with Crippen molar-refractivity contribution in [3.63, 3.8) is 0 Å². The van der Waals surface area contributed by atoms with Crippen LogP contribution in [0.4, 0.5) is 0 Å². The van der Waals surface area contributed by atoms with Crippen LogP contribution in [0.3, 0.4) is 0 Å². The summed E-state index contributed by atoms with van der Waals surface area (Å²) in [7, 11) is 0. The summed E-state index contributed by atoms with van der Waals surface area (Å²) in [4.78, 5) is 4.20. The van der Waals surface area contributed by atoms with Gasteiger partial charge in [-0.15, -0.1) is 0 Å². The van der Waals surface area contributed by atoms with E-state index in [4.69, 9.17) is 20.8 Å². The lowest BCUT2D eigenvalue weighted by atomic mass is 10.3. The van der Waals surface area contributed by atoms with Crippen molar-refractivity contribution in [3.8, 4) is 6.08 Å². The van der Waals surface area contributed by atoms with Crippen molar-refractivity contribution in [1.82, 2.24) is 4.98 Å². The zero-order chi connectivity index (χ0) is 11.4. The van der Waals surface area contributed by atoms with Crippen LogP contribution in [0, 0.1) is 0 Å². The highest BCUT2D eigenvalue weighted by Crippen LogP contribution is 2.23. The molecule has 1 aromatic carbocycles. The van der Waals surface area contributed by atoms with E-state index < -0.39 is 0 Å². The average molecular weight is 352 g/mol. The number of alkyl halides is 1. The first-order valence-corrected chi connectivity index (χ1v) is 6.95. The second-order valence-corrected chi connectivity index (χ2v) is 4.85. The highest BCUT2D eigenvalue weighted by molar-refractivity contribution is 14.1. The molecule has 0 unspecified atom stereocenters. The molecule has 0 saturated carbocycles. The first kappa shape index (κ1) is 12.0. The summed E-state index contributed by atoms with van der Waals surface area (Å²) >= 11 is 8.20. The van der Waals surface area contributed by atoms with Gasteiger partial charge in [-0.05, 0) is 35.5 Å². The average Bonchev–Trinajstić information content (AvgIpc) is 2.66. The van der Waals surface area contributed by atoms with Gasteiger partial charge in [0.1, 0.15) is 5.52 Å². The van der Waals surface area contributed by atoms with E-state index in [2.05, 4.69) is 27.6 Å². The molecule has 0 spiro atoms. The quantitative estimate of drug-likeness (QED) is 0.463. The van der Waals surface area contributed by atoms with Gasteiger partial charge in [-0.3, -0.25) is 0 Å². The predicted octanol–water partition coefficient (Wildman–Crippen LogP) is 4.08. The van der Waals surface area contributed by atoms with Gasteiger partial charge in [0.25, 0.3) is 0 Å². The first-order chi connectivity index (χ1) is 7.79. The van der Waals surface area contributed by atoms with Crippen LogP contribution in [0.2, 0.25) is 5.02 Å². The van der Waals surface area contributed by atoms with Crippen molar-refractivity contribution in [3.05, 3.63) is 23.2 Å². The van der Waals surface area contributed by atoms with Crippen LogP contribution in [0.5, 0.6) is 6.08 Å². The number of unbranched alkanes of at least 4 members (excludes halogenated alkanes) is 1. The standard InChI is InChI=1S/C11H11ClINO2/c12-8-3-4-10-9(7-8)14-11(16-10)15-6-2-1-5-13/h3-4,7H,1-2,5-6H2. The number of nitrogens with zero attached hydrogens (tertiary/aromatic N) is 1. The van der Waals surface area contributed by atoms with E-state index in [-0.39, 0.29) is 0 Å². The van der Waals surface area contributed by atoms with Gasteiger partial charge in [0.2, 0.25) is 0 Å². The number of halogens is 2. The molecule has 2 aromatic rings. The number of rotatable bonds is 5. The molecule has 1 heterocycles. The summed E-state index contributed by atoms with van der Waals surface area (Å²) in [6.45, 7) is 0.642. The van der Waals surface area contributed by atoms with Crippen LogP contribution in [-0.2, 0) is 0 Å². The van der Waals surface area contributed by atoms with Crippen molar-refractivity contribution < 1.29 is 9.15 Å². The first-order valence-electron chi connectivity index (χ1n) is 5.04. The fraction of sp³-hybridized carbons (Fsp3) is 0.364. The smallest absolute Gasteiger partial charge is 0.394 e.